The van der Waals surface area contributed by atoms with Gasteiger partial charge in [0, 0.05) is 24.7 Å². The Labute approximate surface area is 98.8 Å². The first kappa shape index (κ1) is 14.0. The molecule has 2 N–H and O–H groups in total. The van der Waals surface area contributed by atoms with Crippen LogP contribution in [0.5, 0.6) is 0 Å². The number of hydrogen-bond donors (Lipinski definition) is 1. The first-order valence-electron chi connectivity index (χ1n) is 5.73. The van der Waals surface area contributed by atoms with Crippen molar-refractivity contribution < 1.29 is 13.2 Å². The minimum absolute atomic E-state index is 0.209. The zero-order valence-electron chi connectivity index (χ0n) is 10.1. The van der Waals surface area contributed by atoms with Crippen LogP contribution in [0.1, 0.15) is 31.7 Å². The zero-order chi connectivity index (χ0) is 13.1. The van der Waals surface area contributed by atoms with Crippen LogP contribution in [0.4, 0.5) is 13.2 Å². The van der Waals surface area contributed by atoms with Gasteiger partial charge in [0.05, 0.1) is 12.1 Å². The van der Waals surface area contributed by atoms with Gasteiger partial charge in [-0.15, -0.1) is 0 Å². The molecule has 0 radical (unpaired) electrons. The van der Waals surface area contributed by atoms with Crippen molar-refractivity contribution in [2.75, 3.05) is 0 Å². The Balaban J connectivity index is 2.70. The lowest BCUT2D eigenvalue weighted by atomic mass is 10.1. The standard InChI is InChI=1S/C11H18F3N3/c1-3-9-6-10(17(4-2)16-9)5-8(15)7-11(12,13)14/h6,8H,3-5,7,15H2,1-2H3. The van der Waals surface area contributed by atoms with Crippen LogP contribution in [-0.4, -0.2) is 22.0 Å². The summed E-state index contributed by atoms with van der Waals surface area (Å²) in [4.78, 5) is 0. The van der Waals surface area contributed by atoms with Crippen LogP contribution in [0.3, 0.4) is 0 Å². The molecule has 98 valence electrons. The SMILES string of the molecule is CCc1cc(CC(N)CC(F)(F)F)n(CC)n1. The summed E-state index contributed by atoms with van der Waals surface area (Å²) in [7, 11) is 0. The van der Waals surface area contributed by atoms with Gasteiger partial charge < -0.3 is 5.73 Å². The second-order valence-electron chi connectivity index (χ2n) is 4.08. The maximum Gasteiger partial charge on any atom is 0.390 e. The van der Waals surface area contributed by atoms with Gasteiger partial charge in [0.25, 0.3) is 0 Å². The second-order valence-corrected chi connectivity index (χ2v) is 4.08. The third-order valence-corrected chi connectivity index (χ3v) is 2.54. The van der Waals surface area contributed by atoms with E-state index >= 15 is 0 Å². The molecule has 1 atom stereocenters. The van der Waals surface area contributed by atoms with Crippen LogP contribution in [0.25, 0.3) is 0 Å². The highest BCUT2D eigenvalue weighted by molar-refractivity contribution is 5.11. The van der Waals surface area contributed by atoms with E-state index in [4.69, 9.17) is 5.73 Å². The van der Waals surface area contributed by atoms with Crippen LogP contribution < -0.4 is 5.73 Å². The monoisotopic (exact) mass is 249 g/mol. The number of alkyl halides is 3. The van der Waals surface area contributed by atoms with Gasteiger partial charge in [0.15, 0.2) is 0 Å². The Kier molecular flexibility index (Phi) is 4.56. The van der Waals surface area contributed by atoms with Crippen molar-refractivity contribution in [2.24, 2.45) is 5.73 Å². The van der Waals surface area contributed by atoms with Crippen LogP contribution >= 0.6 is 0 Å². The minimum atomic E-state index is -4.20. The number of aromatic nitrogens is 2. The highest BCUT2D eigenvalue weighted by Gasteiger charge is 2.30. The van der Waals surface area contributed by atoms with Crippen molar-refractivity contribution in [3.63, 3.8) is 0 Å². The van der Waals surface area contributed by atoms with E-state index in [1.165, 1.54) is 0 Å². The molecule has 1 heterocycles. The number of aryl methyl sites for hydroxylation is 2. The summed E-state index contributed by atoms with van der Waals surface area (Å²) in [6.45, 7) is 4.51. The van der Waals surface area contributed by atoms with E-state index in [1.54, 1.807) is 4.68 Å². The lowest BCUT2D eigenvalue weighted by Gasteiger charge is -2.14. The smallest absolute Gasteiger partial charge is 0.327 e. The normalized spacial score (nSPS) is 14.0. The lowest BCUT2D eigenvalue weighted by molar-refractivity contribution is -0.138. The predicted octanol–water partition coefficient (Wildman–Crippen LogP) is 2.29. The molecule has 1 unspecified atom stereocenters. The molecule has 1 aromatic heterocycles. The second kappa shape index (κ2) is 5.53. The first-order chi connectivity index (χ1) is 7.85. The van der Waals surface area contributed by atoms with Crippen molar-refractivity contribution in [1.82, 2.24) is 9.78 Å². The molecule has 17 heavy (non-hydrogen) atoms. The highest BCUT2D eigenvalue weighted by Crippen LogP contribution is 2.22. The van der Waals surface area contributed by atoms with Gasteiger partial charge in [-0.05, 0) is 19.4 Å². The zero-order valence-corrected chi connectivity index (χ0v) is 10.1. The summed E-state index contributed by atoms with van der Waals surface area (Å²) in [5.41, 5.74) is 7.17. The van der Waals surface area contributed by atoms with Crippen LogP contribution in [0, 0.1) is 0 Å². The Hall–Kier alpha value is -1.04. The van der Waals surface area contributed by atoms with E-state index in [-0.39, 0.29) is 6.42 Å². The number of hydrogen-bond acceptors (Lipinski definition) is 2. The molecule has 0 aliphatic heterocycles. The molecule has 0 aromatic carbocycles. The molecular formula is C11H18F3N3. The van der Waals surface area contributed by atoms with Gasteiger partial charge in [-0.3, -0.25) is 4.68 Å². The molecule has 3 nitrogen and oxygen atoms in total. The van der Waals surface area contributed by atoms with Crippen LogP contribution in [-0.2, 0) is 19.4 Å². The maximum atomic E-state index is 12.2. The third-order valence-electron chi connectivity index (χ3n) is 2.54. The average Bonchev–Trinajstić information content (AvgIpc) is 2.57. The first-order valence-corrected chi connectivity index (χ1v) is 5.73. The van der Waals surface area contributed by atoms with Crippen molar-refractivity contribution in [2.45, 2.75) is 51.9 Å². The number of halogens is 3. The molecule has 0 fully saturated rings. The summed E-state index contributed by atoms with van der Waals surface area (Å²) in [5, 5.41) is 4.28. The summed E-state index contributed by atoms with van der Waals surface area (Å²) >= 11 is 0. The molecular weight excluding hydrogens is 231 g/mol. The predicted molar refractivity (Wildman–Crippen MR) is 59.6 cm³/mol. The van der Waals surface area contributed by atoms with Crippen molar-refractivity contribution in [3.05, 3.63) is 17.5 Å². The molecule has 0 saturated heterocycles. The van der Waals surface area contributed by atoms with Gasteiger partial charge in [-0.25, -0.2) is 0 Å². The van der Waals surface area contributed by atoms with Crippen molar-refractivity contribution in [3.8, 4) is 0 Å². The Morgan fingerprint density at radius 1 is 1.41 bits per heavy atom. The molecule has 0 aliphatic rings. The van der Waals surface area contributed by atoms with Gasteiger partial charge in [0.1, 0.15) is 0 Å². The van der Waals surface area contributed by atoms with Crippen molar-refractivity contribution in [1.29, 1.82) is 0 Å². The van der Waals surface area contributed by atoms with E-state index in [1.807, 2.05) is 19.9 Å². The fraction of sp³-hybridized carbons (Fsp3) is 0.727. The fourth-order valence-electron chi connectivity index (χ4n) is 1.76. The highest BCUT2D eigenvalue weighted by atomic mass is 19.4. The molecule has 6 heteroatoms. The van der Waals surface area contributed by atoms with E-state index in [0.717, 1.165) is 17.8 Å². The van der Waals surface area contributed by atoms with E-state index in [9.17, 15) is 13.2 Å². The Morgan fingerprint density at radius 2 is 2.06 bits per heavy atom. The van der Waals surface area contributed by atoms with Crippen LogP contribution in [0.2, 0.25) is 0 Å². The Bertz CT molecular complexity index is 357. The molecule has 0 spiro atoms. The third kappa shape index (κ3) is 4.38. The molecule has 0 aliphatic carbocycles. The van der Waals surface area contributed by atoms with Gasteiger partial charge in [0.2, 0.25) is 0 Å². The summed E-state index contributed by atoms with van der Waals surface area (Å²) in [6, 6.07) is 0.932. The number of nitrogens with zero attached hydrogens (tertiary/aromatic N) is 2. The summed E-state index contributed by atoms with van der Waals surface area (Å²) in [5.74, 6) is 0. The van der Waals surface area contributed by atoms with E-state index < -0.39 is 18.6 Å². The largest absolute Gasteiger partial charge is 0.390 e. The summed E-state index contributed by atoms with van der Waals surface area (Å²) < 4.78 is 38.2. The quantitative estimate of drug-likeness (QED) is 0.870. The topological polar surface area (TPSA) is 43.8 Å². The molecule has 0 saturated carbocycles. The van der Waals surface area contributed by atoms with Gasteiger partial charge in [-0.2, -0.15) is 18.3 Å². The van der Waals surface area contributed by atoms with Gasteiger partial charge in [-0.1, -0.05) is 6.92 Å². The Morgan fingerprint density at radius 3 is 2.53 bits per heavy atom. The van der Waals surface area contributed by atoms with Crippen LogP contribution in [0.15, 0.2) is 6.07 Å². The molecule has 1 rings (SSSR count). The fourth-order valence-corrected chi connectivity index (χ4v) is 1.76. The minimum Gasteiger partial charge on any atom is -0.327 e. The molecule has 1 aromatic rings. The molecule has 0 amide bonds. The molecule has 0 bridgehead atoms. The average molecular weight is 249 g/mol. The number of rotatable bonds is 5. The van der Waals surface area contributed by atoms with E-state index in [0.29, 0.717) is 6.54 Å². The summed E-state index contributed by atoms with van der Waals surface area (Å²) in [6.07, 6.45) is -4.18. The maximum absolute atomic E-state index is 12.2. The van der Waals surface area contributed by atoms with E-state index in [2.05, 4.69) is 5.10 Å². The number of nitrogens with two attached hydrogens (primary N) is 1. The van der Waals surface area contributed by atoms with Crippen molar-refractivity contribution >= 4 is 0 Å². The lowest BCUT2D eigenvalue weighted by Crippen LogP contribution is -2.30. The van der Waals surface area contributed by atoms with Gasteiger partial charge >= 0.3 is 6.18 Å².